The largest absolute Gasteiger partial charge is 0.478 e. The molecule has 3 nitrogen and oxygen atoms in total. The lowest BCUT2D eigenvalue weighted by Gasteiger charge is -2.27. The van der Waals surface area contributed by atoms with E-state index < -0.39 is 0 Å². The Labute approximate surface area is 101 Å². The number of pyridine rings is 1. The molecule has 1 aromatic heterocycles. The SMILES string of the molecule is CC1CCC(CCOc2ccc(F)cn2)NC1. The van der Waals surface area contributed by atoms with Crippen molar-refractivity contribution in [2.45, 2.75) is 32.2 Å². The fraction of sp³-hybridized carbons (Fsp3) is 0.615. The maximum atomic E-state index is 12.6. The summed E-state index contributed by atoms with van der Waals surface area (Å²) in [4.78, 5) is 3.86. The molecule has 0 aliphatic carbocycles. The van der Waals surface area contributed by atoms with Gasteiger partial charge in [0.25, 0.3) is 0 Å². The molecule has 1 aliphatic rings. The predicted molar refractivity (Wildman–Crippen MR) is 64.5 cm³/mol. The molecule has 0 spiro atoms. The smallest absolute Gasteiger partial charge is 0.213 e. The molecule has 0 bridgehead atoms. The normalized spacial score (nSPS) is 24.6. The van der Waals surface area contributed by atoms with Gasteiger partial charge < -0.3 is 10.1 Å². The molecule has 1 fully saturated rings. The number of ether oxygens (including phenoxy) is 1. The molecule has 0 aromatic carbocycles. The quantitative estimate of drug-likeness (QED) is 0.874. The summed E-state index contributed by atoms with van der Waals surface area (Å²) < 4.78 is 18.1. The Morgan fingerprint density at radius 1 is 1.47 bits per heavy atom. The maximum Gasteiger partial charge on any atom is 0.213 e. The molecular weight excluding hydrogens is 219 g/mol. The Balaban J connectivity index is 1.67. The summed E-state index contributed by atoms with van der Waals surface area (Å²) in [7, 11) is 0. The monoisotopic (exact) mass is 238 g/mol. The van der Waals surface area contributed by atoms with Crippen LogP contribution in [0, 0.1) is 11.7 Å². The average molecular weight is 238 g/mol. The Morgan fingerprint density at radius 2 is 2.35 bits per heavy atom. The minimum absolute atomic E-state index is 0.333. The van der Waals surface area contributed by atoms with Gasteiger partial charge in [-0.05, 0) is 37.8 Å². The highest BCUT2D eigenvalue weighted by Crippen LogP contribution is 2.15. The van der Waals surface area contributed by atoms with Crippen LogP contribution in [-0.4, -0.2) is 24.2 Å². The molecule has 0 radical (unpaired) electrons. The lowest BCUT2D eigenvalue weighted by atomic mass is 9.95. The molecule has 17 heavy (non-hydrogen) atoms. The van der Waals surface area contributed by atoms with Crippen molar-refractivity contribution in [1.82, 2.24) is 10.3 Å². The minimum atomic E-state index is -0.333. The van der Waals surface area contributed by atoms with Crippen LogP contribution < -0.4 is 10.1 Å². The van der Waals surface area contributed by atoms with Gasteiger partial charge in [0.15, 0.2) is 0 Å². The van der Waals surface area contributed by atoms with Crippen LogP contribution in [0.3, 0.4) is 0 Å². The summed E-state index contributed by atoms with van der Waals surface area (Å²) in [5, 5.41) is 3.50. The summed E-state index contributed by atoms with van der Waals surface area (Å²) in [5.74, 6) is 0.946. The van der Waals surface area contributed by atoms with E-state index in [2.05, 4.69) is 17.2 Å². The van der Waals surface area contributed by atoms with Gasteiger partial charge in [-0.15, -0.1) is 0 Å². The molecule has 2 atom stereocenters. The minimum Gasteiger partial charge on any atom is -0.478 e. The first-order valence-electron chi connectivity index (χ1n) is 6.22. The number of halogens is 1. The van der Waals surface area contributed by atoms with E-state index in [4.69, 9.17) is 4.74 Å². The van der Waals surface area contributed by atoms with Gasteiger partial charge in [-0.1, -0.05) is 6.92 Å². The van der Waals surface area contributed by atoms with Gasteiger partial charge in [0, 0.05) is 12.1 Å². The first-order chi connectivity index (χ1) is 8.24. The molecule has 2 rings (SSSR count). The Bertz CT molecular complexity index is 334. The first kappa shape index (κ1) is 12.3. The third-order valence-electron chi connectivity index (χ3n) is 3.18. The van der Waals surface area contributed by atoms with Crippen molar-refractivity contribution in [3.05, 3.63) is 24.1 Å². The zero-order valence-corrected chi connectivity index (χ0v) is 10.2. The van der Waals surface area contributed by atoms with Gasteiger partial charge in [0.1, 0.15) is 5.82 Å². The van der Waals surface area contributed by atoms with E-state index in [-0.39, 0.29) is 5.82 Å². The third kappa shape index (κ3) is 3.97. The maximum absolute atomic E-state index is 12.6. The molecular formula is C13H19FN2O. The second-order valence-electron chi connectivity index (χ2n) is 4.74. The lowest BCUT2D eigenvalue weighted by molar-refractivity contribution is 0.244. The molecule has 1 saturated heterocycles. The van der Waals surface area contributed by atoms with Crippen molar-refractivity contribution in [3.63, 3.8) is 0 Å². The van der Waals surface area contributed by atoms with E-state index in [1.807, 2.05) is 0 Å². The average Bonchev–Trinajstić information content (AvgIpc) is 2.34. The molecule has 2 unspecified atom stereocenters. The molecule has 1 N–H and O–H groups in total. The van der Waals surface area contributed by atoms with E-state index >= 15 is 0 Å². The van der Waals surface area contributed by atoms with Crippen LogP contribution in [0.15, 0.2) is 18.3 Å². The van der Waals surface area contributed by atoms with Crippen molar-refractivity contribution in [2.75, 3.05) is 13.2 Å². The van der Waals surface area contributed by atoms with E-state index in [9.17, 15) is 4.39 Å². The Hall–Kier alpha value is -1.16. The van der Waals surface area contributed by atoms with Gasteiger partial charge in [0.2, 0.25) is 5.88 Å². The van der Waals surface area contributed by atoms with Crippen LogP contribution in [0.2, 0.25) is 0 Å². The fourth-order valence-corrected chi connectivity index (χ4v) is 2.06. The third-order valence-corrected chi connectivity index (χ3v) is 3.18. The van der Waals surface area contributed by atoms with Gasteiger partial charge in [0.05, 0.1) is 12.8 Å². The van der Waals surface area contributed by atoms with Gasteiger partial charge in [-0.25, -0.2) is 9.37 Å². The molecule has 1 aromatic rings. The second kappa shape index (κ2) is 5.96. The lowest BCUT2D eigenvalue weighted by Crippen LogP contribution is -2.38. The van der Waals surface area contributed by atoms with Gasteiger partial charge in [-0.2, -0.15) is 0 Å². The second-order valence-corrected chi connectivity index (χ2v) is 4.74. The van der Waals surface area contributed by atoms with Gasteiger partial charge >= 0.3 is 0 Å². The van der Waals surface area contributed by atoms with E-state index in [0.29, 0.717) is 18.5 Å². The number of nitrogens with zero attached hydrogens (tertiary/aromatic N) is 1. The number of hydrogen-bond donors (Lipinski definition) is 1. The van der Waals surface area contributed by atoms with Crippen LogP contribution in [-0.2, 0) is 0 Å². The number of aromatic nitrogens is 1. The highest BCUT2D eigenvalue weighted by Gasteiger charge is 2.16. The van der Waals surface area contributed by atoms with Crippen LogP contribution in [0.5, 0.6) is 5.88 Å². The molecule has 2 heterocycles. The van der Waals surface area contributed by atoms with Crippen LogP contribution in [0.1, 0.15) is 26.2 Å². The summed E-state index contributed by atoms with van der Waals surface area (Å²) in [6.07, 6.45) is 4.65. The first-order valence-corrected chi connectivity index (χ1v) is 6.22. The molecule has 94 valence electrons. The van der Waals surface area contributed by atoms with Crippen molar-refractivity contribution >= 4 is 0 Å². The van der Waals surface area contributed by atoms with Crippen LogP contribution in [0.4, 0.5) is 4.39 Å². The van der Waals surface area contributed by atoms with E-state index in [1.165, 1.54) is 25.1 Å². The zero-order chi connectivity index (χ0) is 12.1. The number of hydrogen-bond acceptors (Lipinski definition) is 3. The van der Waals surface area contributed by atoms with Crippen LogP contribution >= 0.6 is 0 Å². The highest BCUT2D eigenvalue weighted by molar-refractivity contribution is 5.10. The number of rotatable bonds is 4. The summed E-state index contributed by atoms with van der Waals surface area (Å²) in [6.45, 7) is 3.99. The number of nitrogens with one attached hydrogen (secondary N) is 1. The summed E-state index contributed by atoms with van der Waals surface area (Å²) in [6, 6.07) is 3.47. The molecule has 1 aliphatic heterocycles. The number of piperidine rings is 1. The van der Waals surface area contributed by atoms with Gasteiger partial charge in [-0.3, -0.25) is 0 Å². The van der Waals surface area contributed by atoms with Crippen molar-refractivity contribution in [1.29, 1.82) is 0 Å². The van der Waals surface area contributed by atoms with Crippen molar-refractivity contribution in [3.8, 4) is 5.88 Å². The fourth-order valence-electron chi connectivity index (χ4n) is 2.06. The van der Waals surface area contributed by atoms with E-state index in [0.717, 1.165) is 18.9 Å². The summed E-state index contributed by atoms with van der Waals surface area (Å²) in [5.41, 5.74) is 0. The molecule has 4 heteroatoms. The molecule has 0 amide bonds. The van der Waals surface area contributed by atoms with Crippen molar-refractivity contribution in [2.24, 2.45) is 5.92 Å². The Morgan fingerprint density at radius 3 is 3.00 bits per heavy atom. The zero-order valence-electron chi connectivity index (χ0n) is 10.2. The highest BCUT2D eigenvalue weighted by atomic mass is 19.1. The molecule has 0 saturated carbocycles. The Kier molecular flexibility index (Phi) is 4.31. The predicted octanol–water partition coefficient (Wildman–Crippen LogP) is 2.38. The topological polar surface area (TPSA) is 34.1 Å². The standard InChI is InChI=1S/C13H19FN2O/c1-10-2-4-12(15-8-10)6-7-17-13-5-3-11(14)9-16-13/h3,5,9-10,12,15H,2,4,6-8H2,1H3. The van der Waals surface area contributed by atoms with E-state index in [1.54, 1.807) is 6.07 Å². The summed E-state index contributed by atoms with van der Waals surface area (Å²) >= 11 is 0. The van der Waals surface area contributed by atoms with Crippen molar-refractivity contribution < 1.29 is 9.13 Å². The van der Waals surface area contributed by atoms with Crippen LogP contribution in [0.25, 0.3) is 0 Å².